The van der Waals surface area contributed by atoms with Gasteiger partial charge >= 0.3 is 0 Å². The van der Waals surface area contributed by atoms with E-state index in [-0.39, 0.29) is 5.56 Å². The highest BCUT2D eigenvalue weighted by atomic mass is 16.5. The summed E-state index contributed by atoms with van der Waals surface area (Å²) in [6.07, 6.45) is 2.56. The summed E-state index contributed by atoms with van der Waals surface area (Å²) in [6, 6.07) is 11.2. The van der Waals surface area contributed by atoms with E-state index in [1.807, 2.05) is 31.2 Å². The molecular formula is C16H20N2O2. The van der Waals surface area contributed by atoms with E-state index in [9.17, 15) is 4.79 Å². The molecule has 0 aliphatic heterocycles. The van der Waals surface area contributed by atoms with Crippen molar-refractivity contribution in [2.75, 3.05) is 13.2 Å². The van der Waals surface area contributed by atoms with Crippen LogP contribution in [0.5, 0.6) is 5.75 Å². The Morgan fingerprint density at radius 1 is 1.20 bits per heavy atom. The largest absolute Gasteiger partial charge is 0.491 e. The molecule has 0 saturated heterocycles. The Hall–Kier alpha value is -2.07. The first-order valence-electron chi connectivity index (χ1n) is 6.79. The van der Waals surface area contributed by atoms with Crippen molar-refractivity contribution in [2.45, 2.75) is 19.9 Å². The lowest BCUT2D eigenvalue weighted by molar-refractivity contribution is 0.291. The monoisotopic (exact) mass is 272 g/mol. The van der Waals surface area contributed by atoms with Gasteiger partial charge in [0.1, 0.15) is 12.4 Å². The molecule has 2 aromatic rings. The first kappa shape index (κ1) is 14.3. The van der Waals surface area contributed by atoms with E-state index in [2.05, 4.69) is 0 Å². The molecule has 0 bridgehead atoms. The Labute approximate surface area is 118 Å². The van der Waals surface area contributed by atoms with Crippen LogP contribution >= 0.6 is 0 Å². The number of nitrogens with two attached hydrogens (primary N) is 1. The van der Waals surface area contributed by atoms with Gasteiger partial charge in [0.25, 0.3) is 5.56 Å². The second-order valence-corrected chi connectivity index (χ2v) is 4.68. The lowest BCUT2D eigenvalue weighted by Crippen LogP contribution is -2.21. The molecule has 1 aromatic heterocycles. The van der Waals surface area contributed by atoms with Crippen LogP contribution in [0.15, 0.2) is 47.4 Å². The molecule has 0 unspecified atom stereocenters. The predicted molar refractivity (Wildman–Crippen MR) is 80.1 cm³/mol. The van der Waals surface area contributed by atoms with Crippen molar-refractivity contribution in [2.24, 2.45) is 5.73 Å². The molecule has 0 saturated carbocycles. The zero-order valence-corrected chi connectivity index (χ0v) is 11.7. The van der Waals surface area contributed by atoms with Crippen molar-refractivity contribution >= 4 is 0 Å². The molecule has 0 fully saturated rings. The number of hydrogen-bond donors (Lipinski definition) is 1. The van der Waals surface area contributed by atoms with E-state index < -0.39 is 0 Å². The minimum absolute atomic E-state index is 0.0111. The van der Waals surface area contributed by atoms with Crippen molar-refractivity contribution in [3.8, 4) is 5.75 Å². The molecule has 1 heterocycles. The first-order valence-corrected chi connectivity index (χ1v) is 6.79. The zero-order valence-electron chi connectivity index (χ0n) is 11.7. The molecule has 0 aliphatic rings. The van der Waals surface area contributed by atoms with Crippen LogP contribution in [0.25, 0.3) is 0 Å². The van der Waals surface area contributed by atoms with Gasteiger partial charge in [0.15, 0.2) is 0 Å². The summed E-state index contributed by atoms with van der Waals surface area (Å²) in [5, 5.41) is 0. The molecule has 2 rings (SSSR count). The molecular weight excluding hydrogens is 252 g/mol. The van der Waals surface area contributed by atoms with Crippen molar-refractivity contribution in [1.29, 1.82) is 0 Å². The molecule has 0 spiro atoms. The SMILES string of the molecule is Cc1cccc(CCN)c1OCCn1ccccc1=O. The maximum absolute atomic E-state index is 11.6. The number of hydrogen-bond acceptors (Lipinski definition) is 3. The van der Waals surface area contributed by atoms with Crippen molar-refractivity contribution in [3.63, 3.8) is 0 Å². The van der Waals surface area contributed by atoms with Crippen LogP contribution in [0.4, 0.5) is 0 Å². The highest BCUT2D eigenvalue weighted by molar-refractivity contribution is 5.40. The summed E-state index contributed by atoms with van der Waals surface area (Å²) >= 11 is 0. The Balaban J connectivity index is 2.04. The van der Waals surface area contributed by atoms with E-state index in [0.29, 0.717) is 19.7 Å². The molecule has 0 aliphatic carbocycles. The average Bonchev–Trinajstić information content (AvgIpc) is 2.44. The van der Waals surface area contributed by atoms with Gasteiger partial charge in [-0.05, 0) is 37.1 Å². The van der Waals surface area contributed by atoms with Crippen LogP contribution in [0, 0.1) is 6.92 Å². The van der Waals surface area contributed by atoms with Crippen molar-refractivity contribution in [1.82, 2.24) is 4.57 Å². The Morgan fingerprint density at radius 2 is 2.05 bits per heavy atom. The number of para-hydroxylation sites is 1. The van der Waals surface area contributed by atoms with Gasteiger partial charge in [0, 0.05) is 12.3 Å². The summed E-state index contributed by atoms with van der Waals surface area (Å²) in [7, 11) is 0. The van der Waals surface area contributed by atoms with Gasteiger partial charge in [-0.2, -0.15) is 0 Å². The third-order valence-electron chi connectivity index (χ3n) is 3.18. The highest BCUT2D eigenvalue weighted by Gasteiger charge is 2.06. The van der Waals surface area contributed by atoms with Crippen molar-refractivity contribution < 1.29 is 4.74 Å². The van der Waals surface area contributed by atoms with Crippen LogP contribution in [0.1, 0.15) is 11.1 Å². The smallest absolute Gasteiger partial charge is 0.250 e. The zero-order chi connectivity index (χ0) is 14.4. The number of aromatic nitrogens is 1. The van der Waals surface area contributed by atoms with Gasteiger partial charge in [-0.1, -0.05) is 24.3 Å². The number of benzene rings is 1. The third kappa shape index (κ3) is 3.48. The molecule has 4 heteroatoms. The minimum atomic E-state index is -0.0111. The Kier molecular flexibility index (Phi) is 4.96. The fraction of sp³-hybridized carbons (Fsp3) is 0.312. The highest BCUT2D eigenvalue weighted by Crippen LogP contribution is 2.23. The summed E-state index contributed by atoms with van der Waals surface area (Å²) in [4.78, 5) is 11.6. The van der Waals surface area contributed by atoms with Crippen molar-refractivity contribution in [3.05, 3.63) is 64.1 Å². The number of aryl methyl sites for hydroxylation is 1. The normalized spacial score (nSPS) is 10.5. The molecule has 0 amide bonds. The molecule has 106 valence electrons. The average molecular weight is 272 g/mol. The second kappa shape index (κ2) is 6.91. The molecule has 4 nitrogen and oxygen atoms in total. The van der Waals surface area contributed by atoms with Gasteiger partial charge in [0.2, 0.25) is 0 Å². The number of pyridine rings is 1. The van der Waals surface area contributed by atoms with Crippen LogP contribution < -0.4 is 16.0 Å². The Morgan fingerprint density at radius 3 is 2.80 bits per heavy atom. The lowest BCUT2D eigenvalue weighted by Gasteiger charge is -2.14. The predicted octanol–water partition coefficient (Wildman–Crippen LogP) is 1.74. The van der Waals surface area contributed by atoms with Gasteiger partial charge in [0.05, 0.1) is 6.54 Å². The third-order valence-corrected chi connectivity index (χ3v) is 3.18. The van der Waals surface area contributed by atoms with E-state index in [4.69, 9.17) is 10.5 Å². The summed E-state index contributed by atoms with van der Waals surface area (Å²) in [6.45, 7) is 3.62. The maximum atomic E-state index is 11.6. The molecule has 0 radical (unpaired) electrons. The number of rotatable bonds is 6. The van der Waals surface area contributed by atoms with E-state index in [1.54, 1.807) is 22.9 Å². The van der Waals surface area contributed by atoms with Crippen LogP contribution in [0.2, 0.25) is 0 Å². The summed E-state index contributed by atoms with van der Waals surface area (Å²) in [5.74, 6) is 0.891. The Bertz CT molecular complexity index is 620. The molecule has 2 N–H and O–H groups in total. The van der Waals surface area contributed by atoms with Gasteiger partial charge < -0.3 is 15.0 Å². The molecule has 0 atom stereocenters. The maximum Gasteiger partial charge on any atom is 0.250 e. The molecule has 20 heavy (non-hydrogen) atoms. The van der Waals surface area contributed by atoms with Gasteiger partial charge in [-0.25, -0.2) is 0 Å². The summed E-state index contributed by atoms with van der Waals surface area (Å²) < 4.78 is 7.50. The van der Waals surface area contributed by atoms with Gasteiger partial charge in [-0.15, -0.1) is 0 Å². The quantitative estimate of drug-likeness (QED) is 0.871. The second-order valence-electron chi connectivity index (χ2n) is 4.68. The van der Waals surface area contributed by atoms with Gasteiger partial charge in [-0.3, -0.25) is 4.79 Å². The van der Waals surface area contributed by atoms with E-state index >= 15 is 0 Å². The van der Waals surface area contributed by atoms with Crippen LogP contribution in [-0.4, -0.2) is 17.7 Å². The van der Waals surface area contributed by atoms with Crippen LogP contribution in [0.3, 0.4) is 0 Å². The molecule has 1 aromatic carbocycles. The standard InChI is InChI=1S/C16H20N2O2/c1-13-5-4-6-14(8-9-17)16(13)20-12-11-18-10-3-2-7-15(18)19/h2-7,10H,8-9,11-12,17H2,1H3. The number of ether oxygens (including phenoxy) is 1. The number of nitrogens with zero attached hydrogens (tertiary/aromatic N) is 1. The van der Waals surface area contributed by atoms with E-state index in [0.717, 1.165) is 23.3 Å². The lowest BCUT2D eigenvalue weighted by atomic mass is 10.1. The first-order chi connectivity index (χ1) is 9.72. The fourth-order valence-electron chi connectivity index (χ4n) is 2.16. The summed E-state index contributed by atoms with van der Waals surface area (Å²) in [5.41, 5.74) is 7.82. The fourth-order valence-corrected chi connectivity index (χ4v) is 2.16. The van der Waals surface area contributed by atoms with E-state index in [1.165, 1.54) is 0 Å². The van der Waals surface area contributed by atoms with Crippen LogP contribution in [-0.2, 0) is 13.0 Å². The topological polar surface area (TPSA) is 57.2 Å². The minimum Gasteiger partial charge on any atom is -0.491 e.